The second-order valence-electron chi connectivity index (χ2n) is 5.18. The summed E-state index contributed by atoms with van der Waals surface area (Å²) in [4.78, 5) is 12.8. The Hall–Kier alpha value is -1.93. The van der Waals surface area contributed by atoms with Crippen molar-refractivity contribution in [1.29, 1.82) is 0 Å². The van der Waals surface area contributed by atoms with Crippen LogP contribution in [0.1, 0.15) is 23.7 Å². The molecule has 0 atom stereocenters. The van der Waals surface area contributed by atoms with E-state index in [-0.39, 0.29) is 16.2 Å². The van der Waals surface area contributed by atoms with Gasteiger partial charge in [-0.05, 0) is 36.8 Å². The van der Waals surface area contributed by atoms with E-state index in [0.29, 0.717) is 28.8 Å². The van der Waals surface area contributed by atoms with Gasteiger partial charge in [-0.15, -0.1) is 0 Å². The maximum atomic E-state index is 12.5. The van der Waals surface area contributed by atoms with Gasteiger partial charge < -0.3 is 5.32 Å². The van der Waals surface area contributed by atoms with Crippen molar-refractivity contribution in [2.24, 2.45) is 0 Å². The van der Waals surface area contributed by atoms with Gasteiger partial charge in [0, 0.05) is 10.6 Å². The zero-order valence-corrected chi connectivity index (χ0v) is 15.0. The zero-order valence-electron chi connectivity index (χ0n) is 13.4. The number of amides is 1. The molecule has 1 N–H and O–H groups in total. The summed E-state index contributed by atoms with van der Waals surface area (Å²) in [6.07, 6.45) is 0.436. The Kier molecular flexibility index (Phi) is 6.55. The fourth-order valence-electron chi connectivity index (χ4n) is 2.25. The highest BCUT2D eigenvalue weighted by molar-refractivity contribution is 7.99. The third-order valence-electron chi connectivity index (χ3n) is 3.26. The lowest BCUT2D eigenvalue weighted by atomic mass is 10.2. The molecule has 0 saturated carbocycles. The van der Waals surface area contributed by atoms with E-state index in [2.05, 4.69) is 5.32 Å². The number of carbonyl (C=O) groups is 1. The summed E-state index contributed by atoms with van der Waals surface area (Å²) in [5.74, 6) is -3.22. The van der Waals surface area contributed by atoms with Crippen LogP contribution in [0.15, 0.2) is 58.3 Å². The van der Waals surface area contributed by atoms with Crippen molar-refractivity contribution >= 4 is 33.2 Å². The van der Waals surface area contributed by atoms with E-state index in [4.69, 9.17) is 0 Å². The minimum Gasteiger partial charge on any atom is -0.322 e. The number of anilines is 1. The van der Waals surface area contributed by atoms with Crippen LogP contribution in [0.5, 0.6) is 0 Å². The van der Waals surface area contributed by atoms with Crippen LogP contribution in [0.3, 0.4) is 0 Å². The summed E-state index contributed by atoms with van der Waals surface area (Å²) in [6, 6.07) is 12.0. The van der Waals surface area contributed by atoms with Gasteiger partial charge in [0.25, 0.3) is 11.7 Å². The van der Waals surface area contributed by atoms with Crippen LogP contribution in [0.4, 0.5) is 14.5 Å². The minimum atomic E-state index is -3.57. The van der Waals surface area contributed by atoms with Gasteiger partial charge in [0.05, 0.1) is 16.2 Å². The van der Waals surface area contributed by atoms with Crippen LogP contribution < -0.4 is 5.32 Å². The smallest absolute Gasteiger partial charge is 0.288 e. The molecule has 0 spiro atoms. The second kappa shape index (κ2) is 8.44. The van der Waals surface area contributed by atoms with Crippen molar-refractivity contribution in [3.8, 4) is 0 Å². The Balaban J connectivity index is 2.28. The average Bonchev–Trinajstić information content (AvgIpc) is 2.54. The molecule has 4 nitrogen and oxygen atoms in total. The third kappa shape index (κ3) is 5.27. The van der Waals surface area contributed by atoms with Gasteiger partial charge in [-0.25, -0.2) is 8.42 Å². The molecule has 2 aromatic carbocycles. The molecule has 0 fully saturated rings. The number of halogens is 2. The molecular formula is C17H17F2NO3S2. The monoisotopic (exact) mass is 385 g/mol. The minimum absolute atomic E-state index is 0.0304. The van der Waals surface area contributed by atoms with E-state index < -0.39 is 21.5 Å². The summed E-state index contributed by atoms with van der Waals surface area (Å²) < 4.78 is 49.5. The van der Waals surface area contributed by atoms with Gasteiger partial charge in [0.15, 0.2) is 9.84 Å². The first-order valence-corrected chi connectivity index (χ1v) is 10.0. The molecule has 0 heterocycles. The van der Waals surface area contributed by atoms with Crippen molar-refractivity contribution < 1.29 is 22.0 Å². The fraction of sp³-hybridized carbons (Fsp3) is 0.235. The van der Waals surface area contributed by atoms with Crippen molar-refractivity contribution in [2.45, 2.75) is 28.9 Å². The van der Waals surface area contributed by atoms with Crippen molar-refractivity contribution in [3.05, 3.63) is 54.1 Å². The molecule has 0 aliphatic carbocycles. The number of hydrogen-bond acceptors (Lipinski definition) is 4. The highest BCUT2D eigenvalue weighted by atomic mass is 32.2. The molecule has 25 heavy (non-hydrogen) atoms. The molecule has 0 saturated heterocycles. The molecule has 0 aliphatic heterocycles. The number of rotatable bonds is 7. The highest BCUT2D eigenvalue weighted by Gasteiger charge is 2.21. The summed E-state index contributed by atoms with van der Waals surface area (Å²) in [7, 11) is -3.57. The number of alkyl halides is 2. The SMILES string of the molecule is CCCS(=O)(=O)c1ccccc1C(=O)Nc1cccc(SC(F)F)c1. The molecule has 2 rings (SSSR count). The maximum absolute atomic E-state index is 12.5. The van der Waals surface area contributed by atoms with E-state index in [1.54, 1.807) is 31.2 Å². The number of benzene rings is 2. The summed E-state index contributed by atoms with van der Waals surface area (Å²) >= 11 is 0.369. The van der Waals surface area contributed by atoms with Crippen molar-refractivity contribution in [3.63, 3.8) is 0 Å². The van der Waals surface area contributed by atoms with Gasteiger partial charge in [-0.1, -0.05) is 36.9 Å². The maximum Gasteiger partial charge on any atom is 0.288 e. The first-order chi connectivity index (χ1) is 11.8. The largest absolute Gasteiger partial charge is 0.322 e. The number of thioether (sulfide) groups is 1. The Labute approximate surface area is 149 Å². The van der Waals surface area contributed by atoms with Crippen LogP contribution in [0.2, 0.25) is 0 Å². The van der Waals surface area contributed by atoms with Crippen LogP contribution >= 0.6 is 11.8 Å². The zero-order chi connectivity index (χ0) is 18.4. The summed E-state index contributed by atoms with van der Waals surface area (Å²) in [5.41, 5.74) is 0.348. The molecule has 0 aromatic heterocycles. The van der Waals surface area contributed by atoms with Crippen molar-refractivity contribution in [2.75, 3.05) is 11.1 Å². The average molecular weight is 385 g/mol. The number of carbonyl (C=O) groups excluding carboxylic acids is 1. The van der Waals surface area contributed by atoms with Gasteiger partial charge in [0.2, 0.25) is 0 Å². The summed E-state index contributed by atoms with van der Waals surface area (Å²) in [5, 5.41) is 2.56. The topological polar surface area (TPSA) is 63.2 Å². The Morgan fingerprint density at radius 3 is 2.56 bits per heavy atom. The van der Waals surface area contributed by atoms with E-state index in [1.165, 1.54) is 24.3 Å². The van der Waals surface area contributed by atoms with Crippen molar-refractivity contribution in [1.82, 2.24) is 0 Å². The van der Waals surface area contributed by atoms with E-state index in [9.17, 15) is 22.0 Å². The Morgan fingerprint density at radius 2 is 1.88 bits per heavy atom. The predicted molar refractivity (Wildman–Crippen MR) is 95.0 cm³/mol. The molecule has 134 valence electrons. The second-order valence-corrected chi connectivity index (χ2v) is 8.32. The summed E-state index contributed by atoms with van der Waals surface area (Å²) in [6.45, 7) is 1.74. The van der Waals surface area contributed by atoms with Crippen LogP contribution in [0.25, 0.3) is 0 Å². The molecule has 0 radical (unpaired) electrons. The fourth-order valence-corrected chi connectivity index (χ4v) is 4.35. The molecular weight excluding hydrogens is 368 g/mol. The van der Waals surface area contributed by atoms with Gasteiger partial charge >= 0.3 is 0 Å². The number of hydrogen-bond donors (Lipinski definition) is 1. The van der Waals surface area contributed by atoms with E-state index in [0.717, 1.165) is 0 Å². The molecule has 0 aliphatic rings. The first-order valence-electron chi connectivity index (χ1n) is 7.51. The van der Waals surface area contributed by atoms with Gasteiger partial charge in [0.1, 0.15) is 0 Å². The standard InChI is InChI=1S/C17H17F2NO3S2/c1-2-10-25(22,23)15-9-4-3-8-14(15)16(21)20-12-6-5-7-13(11-12)24-17(18)19/h3-9,11,17H,2,10H2,1H3,(H,20,21). The van der Waals surface area contributed by atoms with Gasteiger partial charge in [-0.2, -0.15) is 8.78 Å². The highest BCUT2D eigenvalue weighted by Crippen LogP contribution is 2.27. The van der Waals surface area contributed by atoms with Crippen LogP contribution in [-0.2, 0) is 9.84 Å². The Bertz CT molecular complexity index is 854. The molecule has 1 amide bonds. The quantitative estimate of drug-likeness (QED) is 0.716. The lowest BCUT2D eigenvalue weighted by Crippen LogP contribution is -2.17. The van der Waals surface area contributed by atoms with Gasteiger partial charge in [-0.3, -0.25) is 4.79 Å². The number of nitrogens with one attached hydrogen (secondary N) is 1. The Morgan fingerprint density at radius 1 is 1.16 bits per heavy atom. The number of sulfone groups is 1. The van der Waals surface area contributed by atoms with E-state index in [1.807, 2.05) is 0 Å². The normalized spacial score (nSPS) is 11.5. The molecule has 0 bridgehead atoms. The lowest BCUT2D eigenvalue weighted by molar-refractivity contribution is 0.102. The first kappa shape index (κ1) is 19.4. The molecule has 0 unspecified atom stereocenters. The third-order valence-corrected chi connectivity index (χ3v) is 5.93. The molecule has 8 heteroatoms. The molecule has 2 aromatic rings. The van der Waals surface area contributed by atoms with Crippen LogP contribution in [0, 0.1) is 0 Å². The lowest BCUT2D eigenvalue weighted by Gasteiger charge is -2.11. The van der Waals surface area contributed by atoms with Crippen LogP contribution in [-0.4, -0.2) is 25.8 Å². The van der Waals surface area contributed by atoms with E-state index >= 15 is 0 Å². The predicted octanol–water partition coefficient (Wildman–Crippen LogP) is 4.44.